The summed E-state index contributed by atoms with van der Waals surface area (Å²) in [5, 5.41) is 36.8. The van der Waals surface area contributed by atoms with E-state index in [1.54, 1.807) is 0 Å². The lowest BCUT2D eigenvalue weighted by Gasteiger charge is -2.45. The van der Waals surface area contributed by atoms with Crippen LogP contribution in [-0.4, -0.2) is 44.5 Å². The molecule has 0 aromatic rings. The quantitative estimate of drug-likeness (QED) is 0.412. The molecule has 1 aliphatic rings. The molecule has 3 unspecified atom stereocenters. The van der Waals surface area contributed by atoms with E-state index in [1.807, 2.05) is 0 Å². The molecule has 0 aromatic heterocycles. The van der Waals surface area contributed by atoms with Crippen molar-refractivity contribution < 1.29 is 25.1 Å². The Morgan fingerprint density at radius 1 is 1.53 bits per heavy atom. The van der Waals surface area contributed by atoms with Crippen LogP contribution in [0.15, 0.2) is 0 Å². The van der Waals surface area contributed by atoms with Gasteiger partial charge in [0, 0.05) is 0 Å². The maximum absolute atomic E-state index is 11.2. The van der Waals surface area contributed by atoms with Gasteiger partial charge in [-0.1, -0.05) is 6.42 Å². The van der Waals surface area contributed by atoms with E-state index in [2.05, 4.69) is 0 Å². The number of nitrogens with two attached hydrogens (primary N) is 1. The van der Waals surface area contributed by atoms with Crippen molar-refractivity contribution >= 4 is 13.1 Å². The van der Waals surface area contributed by atoms with Crippen molar-refractivity contribution in [2.24, 2.45) is 11.7 Å². The average molecular weight is 245 g/mol. The molecule has 1 saturated carbocycles. The fraction of sp³-hybridized carbons (Fsp3) is 0.900. The van der Waals surface area contributed by atoms with Crippen LogP contribution in [0.5, 0.6) is 0 Å². The Balaban J connectivity index is 2.71. The lowest BCUT2D eigenvalue weighted by Crippen LogP contribution is -2.67. The molecule has 6 nitrogen and oxygen atoms in total. The third kappa shape index (κ3) is 2.98. The third-order valence-corrected chi connectivity index (χ3v) is 3.83. The van der Waals surface area contributed by atoms with Gasteiger partial charge in [0.05, 0.1) is 5.60 Å². The van der Waals surface area contributed by atoms with E-state index in [1.165, 1.54) is 6.92 Å². The number of carbonyl (C=O) groups is 1. The Morgan fingerprint density at radius 2 is 2.12 bits per heavy atom. The van der Waals surface area contributed by atoms with Crippen LogP contribution in [0.4, 0.5) is 0 Å². The molecule has 7 heteroatoms. The zero-order valence-corrected chi connectivity index (χ0v) is 9.96. The summed E-state index contributed by atoms with van der Waals surface area (Å²) in [5.41, 5.74) is 2.72. The number of hydrogen-bond donors (Lipinski definition) is 5. The lowest BCUT2D eigenvalue weighted by molar-refractivity contribution is -0.160. The Labute approximate surface area is 101 Å². The molecule has 0 aromatic carbocycles. The molecule has 0 bridgehead atoms. The second-order valence-corrected chi connectivity index (χ2v) is 5.22. The van der Waals surface area contributed by atoms with Gasteiger partial charge in [-0.15, -0.1) is 0 Å². The SMILES string of the molecule is CC1(O)CCC(CCB(O)O)CC1(N)C(=O)O. The van der Waals surface area contributed by atoms with E-state index in [0.717, 1.165) is 0 Å². The summed E-state index contributed by atoms with van der Waals surface area (Å²) in [7, 11) is -1.38. The minimum Gasteiger partial charge on any atom is -0.480 e. The first-order valence-corrected chi connectivity index (χ1v) is 5.80. The first kappa shape index (κ1) is 14.4. The lowest BCUT2D eigenvalue weighted by atomic mass is 9.64. The standard InChI is InChI=1S/C10H20BNO5/c1-9(15)4-2-7(3-5-11(16)17)6-10(9,12)8(13)14/h7,15-17H,2-6,12H2,1H3,(H,13,14). The Morgan fingerprint density at radius 3 is 2.59 bits per heavy atom. The molecule has 1 fully saturated rings. The Kier molecular flexibility index (Phi) is 4.19. The number of carboxylic acids is 1. The van der Waals surface area contributed by atoms with E-state index in [0.29, 0.717) is 19.3 Å². The summed E-state index contributed by atoms with van der Waals surface area (Å²) in [6.07, 6.45) is 1.80. The predicted octanol–water partition coefficient (Wildman–Crippen LogP) is -0.818. The van der Waals surface area contributed by atoms with Crippen LogP contribution in [-0.2, 0) is 4.79 Å². The van der Waals surface area contributed by atoms with Gasteiger partial charge in [0.25, 0.3) is 0 Å². The summed E-state index contributed by atoms with van der Waals surface area (Å²) >= 11 is 0. The van der Waals surface area contributed by atoms with Gasteiger partial charge in [0.15, 0.2) is 0 Å². The fourth-order valence-corrected chi connectivity index (χ4v) is 2.43. The van der Waals surface area contributed by atoms with Crippen molar-refractivity contribution in [3.63, 3.8) is 0 Å². The number of hydrogen-bond acceptors (Lipinski definition) is 5. The Bertz CT molecular complexity index is 294. The maximum Gasteiger partial charge on any atom is 0.451 e. The molecule has 0 amide bonds. The van der Waals surface area contributed by atoms with Gasteiger partial charge in [0.2, 0.25) is 0 Å². The van der Waals surface area contributed by atoms with E-state index in [9.17, 15) is 9.90 Å². The summed E-state index contributed by atoms with van der Waals surface area (Å²) in [5.74, 6) is -1.21. The normalized spacial score (nSPS) is 37.8. The molecule has 0 aliphatic heterocycles. The predicted molar refractivity (Wildman–Crippen MR) is 62.1 cm³/mol. The summed E-state index contributed by atoms with van der Waals surface area (Å²) in [6.45, 7) is 1.44. The van der Waals surface area contributed by atoms with Crippen LogP contribution in [0.25, 0.3) is 0 Å². The van der Waals surface area contributed by atoms with Crippen LogP contribution in [0.1, 0.15) is 32.6 Å². The van der Waals surface area contributed by atoms with Crippen LogP contribution >= 0.6 is 0 Å². The molecule has 6 N–H and O–H groups in total. The van der Waals surface area contributed by atoms with Crippen molar-refractivity contribution in [1.82, 2.24) is 0 Å². The van der Waals surface area contributed by atoms with Crippen LogP contribution in [0.3, 0.4) is 0 Å². The average Bonchev–Trinajstić information content (AvgIpc) is 2.19. The highest BCUT2D eigenvalue weighted by atomic mass is 16.4. The van der Waals surface area contributed by atoms with Crippen LogP contribution < -0.4 is 5.73 Å². The van der Waals surface area contributed by atoms with Gasteiger partial charge >= 0.3 is 13.1 Å². The highest BCUT2D eigenvalue weighted by Gasteiger charge is 2.53. The second-order valence-electron chi connectivity index (χ2n) is 5.22. The zero-order chi connectivity index (χ0) is 13.3. The molecule has 17 heavy (non-hydrogen) atoms. The second kappa shape index (κ2) is 4.93. The smallest absolute Gasteiger partial charge is 0.451 e. The van der Waals surface area contributed by atoms with Crippen LogP contribution in [0, 0.1) is 5.92 Å². The molecular formula is C10H20BNO5. The number of carboxylic acid groups (broad SMARTS) is 1. The van der Waals surface area contributed by atoms with Gasteiger partial charge in [-0.25, -0.2) is 0 Å². The molecular weight excluding hydrogens is 225 g/mol. The van der Waals surface area contributed by atoms with Crippen molar-refractivity contribution in [2.45, 2.75) is 50.1 Å². The van der Waals surface area contributed by atoms with E-state index in [4.69, 9.17) is 20.9 Å². The van der Waals surface area contributed by atoms with E-state index < -0.39 is 24.2 Å². The highest BCUT2D eigenvalue weighted by Crippen LogP contribution is 2.40. The summed E-state index contributed by atoms with van der Waals surface area (Å²) in [4.78, 5) is 11.2. The zero-order valence-electron chi connectivity index (χ0n) is 9.96. The Hall–Kier alpha value is -0.625. The van der Waals surface area contributed by atoms with E-state index >= 15 is 0 Å². The van der Waals surface area contributed by atoms with Gasteiger partial charge < -0.3 is 26.0 Å². The largest absolute Gasteiger partial charge is 0.480 e. The number of aliphatic hydroxyl groups is 1. The summed E-state index contributed by atoms with van der Waals surface area (Å²) < 4.78 is 0. The maximum atomic E-state index is 11.2. The van der Waals surface area contributed by atoms with Gasteiger partial charge in [-0.05, 0) is 38.4 Å². The minimum atomic E-state index is -1.66. The number of aliphatic carboxylic acids is 1. The van der Waals surface area contributed by atoms with Crippen molar-refractivity contribution in [2.75, 3.05) is 0 Å². The van der Waals surface area contributed by atoms with Gasteiger partial charge in [-0.3, -0.25) is 4.79 Å². The molecule has 0 spiro atoms. The van der Waals surface area contributed by atoms with Crippen molar-refractivity contribution in [1.29, 1.82) is 0 Å². The summed E-state index contributed by atoms with van der Waals surface area (Å²) in [6, 6.07) is 0. The van der Waals surface area contributed by atoms with E-state index in [-0.39, 0.29) is 18.7 Å². The third-order valence-electron chi connectivity index (χ3n) is 3.83. The van der Waals surface area contributed by atoms with Gasteiger partial charge in [0.1, 0.15) is 5.54 Å². The number of rotatable bonds is 4. The first-order valence-electron chi connectivity index (χ1n) is 5.80. The molecule has 0 heterocycles. The minimum absolute atomic E-state index is 0.00174. The fourth-order valence-electron chi connectivity index (χ4n) is 2.43. The van der Waals surface area contributed by atoms with Gasteiger partial charge in [-0.2, -0.15) is 0 Å². The van der Waals surface area contributed by atoms with Crippen LogP contribution in [0.2, 0.25) is 6.32 Å². The molecule has 3 atom stereocenters. The molecule has 1 aliphatic carbocycles. The molecule has 0 radical (unpaired) electrons. The van der Waals surface area contributed by atoms with Crippen molar-refractivity contribution in [3.05, 3.63) is 0 Å². The molecule has 98 valence electrons. The topological polar surface area (TPSA) is 124 Å². The highest BCUT2D eigenvalue weighted by molar-refractivity contribution is 6.40. The first-order chi connectivity index (χ1) is 7.69. The monoisotopic (exact) mass is 245 g/mol. The molecule has 0 saturated heterocycles. The molecule has 1 rings (SSSR count). The van der Waals surface area contributed by atoms with Crippen molar-refractivity contribution in [3.8, 4) is 0 Å².